The van der Waals surface area contributed by atoms with Crippen LogP contribution in [0.5, 0.6) is 0 Å². The van der Waals surface area contributed by atoms with Crippen molar-refractivity contribution in [1.29, 1.82) is 0 Å². The number of rotatable bonds is 3. The van der Waals surface area contributed by atoms with E-state index < -0.39 is 17.9 Å². The van der Waals surface area contributed by atoms with Gasteiger partial charge in [0.25, 0.3) is 0 Å². The zero-order chi connectivity index (χ0) is 41.0. The summed E-state index contributed by atoms with van der Waals surface area (Å²) >= 11 is 0. The van der Waals surface area contributed by atoms with Crippen LogP contribution in [0.25, 0.3) is 32.3 Å². The third kappa shape index (κ3) is 18.3. The molecule has 60 heavy (non-hydrogen) atoms. The maximum Gasteiger partial charge on any atom is 2.00 e. The van der Waals surface area contributed by atoms with Crippen LogP contribution in [0.1, 0.15) is 47.8 Å². The molecule has 0 saturated carbocycles. The zero-order valence-electron chi connectivity index (χ0n) is 33.5. The van der Waals surface area contributed by atoms with Crippen LogP contribution in [0.15, 0.2) is 200 Å². The van der Waals surface area contributed by atoms with Gasteiger partial charge in [-0.25, -0.2) is 0 Å². The van der Waals surface area contributed by atoms with E-state index in [9.17, 15) is 29.7 Å². The van der Waals surface area contributed by atoms with Crippen molar-refractivity contribution in [3.63, 3.8) is 0 Å². The molecule has 0 aliphatic heterocycles. The Morgan fingerprint density at radius 2 is 0.533 bits per heavy atom. The molecular formula is C51H42O6Ti3. The fraction of sp³-hybridized carbons (Fsp3) is 0.0588. The van der Waals surface area contributed by atoms with Gasteiger partial charge in [-0.05, 0) is 16.7 Å². The molecule has 0 bridgehead atoms. The number of aromatic carboxylic acids is 3. The maximum absolute atomic E-state index is 10.1. The number of carbonyl (C=O) groups excluding carboxylic acids is 3. The molecule has 0 heterocycles. The summed E-state index contributed by atoms with van der Waals surface area (Å²) in [6, 6.07) is 62.7. The topological polar surface area (TPSA) is 120 Å². The number of hydrogen-bond acceptors (Lipinski definition) is 6. The molecule has 0 amide bonds. The van der Waals surface area contributed by atoms with Crippen LogP contribution in [-0.4, -0.2) is 17.9 Å². The van der Waals surface area contributed by atoms with Crippen molar-refractivity contribution in [1.82, 2.24) is 0 Å². The Morgan fingerprint density at radius 3 is 0.717 bits per heavy atom. The molecule has 0 spiro atoms. The van der Waals surface area contributed by atoms with E-state index in [-0.39, 0.29) is 81.8 Å². The van der Waals surface area contributed by atoms with Gasteiger partial charge in [0.05, 0.1) is 17.9 Å². The Kier molecular flexibility index (Phi) is 24.8. The number of fused-ring (bicyclic) bond motifs is 3. The summed E-state index contributed by atoms with van der Waals surface area (Å²) in [6.45, 7) is 6.38. The van der Waals surface area contributed by atoms with Gasteiger partial charge in [0, 0.05) is 0 Å². The summed E-state index contributed by atoms with van der Waals surface area (Å²) in [4.78, 5) is 30.3. The van der Waals surface area contributed by atoms with Crippen molar-refractivity contribution in [3.05, 3.63) is 234 Å². The molecule has 0 aliphatic carbocycles. The Hall–Kier alpha value is -5.30. The normalized spacial score (nSPS) is 9.25. The number of aryl methyl sites for hydroxylation is 3. The molecule has 0 radical (unpaired) electrons. The van der Waals surface area contributed by atoms with E-state index in [1.54, 1.807) is 54.6 Å². The fourth-order valence-electron chi connectivity index (χ4n) is 5.64. The average Bonchev–Trinajstić information content (AvgIpc) is 3.93. The minimum absolute atomic E-state index is 0. The second kappa shape index (κ2) is 28.2. The third-order valence-electron chi connectivity index (χ3n) is 8.32. The van der Waals surface area contributed by atoms with E-state index in [1.165, 1.54) is 85.4 Å². The van der Waals surface area contributed by atoms with Crippen LogP contribution in [0.4, 0.5) is 0 Å². The van der Waals surface area contributed by atoms with Crippen LogP contribution in [0.2, 0.25) is 0 Å². The number of carbonyl (C=O) groups is 3. The van der Waals surface area contributed by atoms with Gasteiger partial charge in [0.15, 0.2) is 0 Å². The summed E-state index contributed by atoms with van der Waals surface area (Å²) < 4.78 is 0. The molecule has 0 aromatic heterocycles. The maximum atomic E-state index is 10.1. The smallest absolute Gasteiger partial charge is 0.545 e. The van der Waals surface area contributed by atoms with Crippen molar-refractivity contribution >= 4 is 50.2 Å². The van der Waals surface area contributed by atoms with Gasteiger partial charge >= 0.3 is 65.2 Å². The number of carboxylic acids is 3. The zero-order valence-corrected chi connectivity index (χ0v) is 38.2. The summed E-state index contributed by atoms with van der Waals surface area (Å²) in [5.41, 5.74) is 4.70. The van der Waals surface area contributed by atoms with E-state index >= 15 is 0 Å². The van der Waals surface area contributed by atoms with E-state index in [4.69, 9.17) is 0 Å². The molecule has 0 fully saturated rings. The molecule has 0 atom stereocenters. The Morgan fingerprint density at radius 1 is 0.333 bits per heavy atom. The van der Waals surface area contributed by atoms with Crippen LogP contribution in [0, 0.1) is 20.8 Å². The summed E-state index contributed by atoms with van der Waals surface area (Å²) in [5.74, 6) is -3.39. The van der Waals surface area contributed by atoms with Gasteiger partial charge < -0.3 is 29.7 Å². The van der Waals surface area contributed by atoms with Crippen molar-refractivity contribution < 1.29 is 94.9 Å². The summed E-state index contributed by atoms with van der Waals surface area (Å²) in [5, 5.41) is 38.4. The van der Waals surface area contributed by atoms with Crippen molar-refractivity contribution in [3.8, 4) is 0 Å². The van der Waals surface area contributed by atoms with E-state index in [0.717, 1.165) is 0 Å². The Bertz CT molecular complexity index is 2200. The second-order valence-corrected chi connectivity index (χ2v) is 12.9. The predicted octanol–water partition coefficient (Wildman–Crippen LogP) is 8.74. The first kappa shape index (κ1) is 52.7. The molecule has 0 N–H and O–H groups in total. The molecular weight excluding hydrogens is 852 g/mol. The molecule has 6 nitrogen and oxygen atoms in total. The van der Waals surface area contributed by atoms with Crippen LogP contribution in [-0.2, 0) is 65.2 Å². The first-order chi connectivity index (χ1) is 27.5. The predicted molar refractivity (Wildman–Crippen MR) is 225 cm³/mol. The molecule has 9 aromatic carbocycles. The standard InChI is InChI=1S/3C10H9.3C7H6O2.3Ti/c3*1-8-6-9-4-2-3-5-10(9)7-8;3*8-7(9)6-4-2-1-3-5-6;;;/h3*2-7H,1H3;3*1-5H,(H,8,9);;;/q3*-1;;;;3*+2/p-3. The molecule has 0 unspecified atom stereocenters. The average molecular weight is 894 g/mol. The van der Waals surface area contributed by atoms with Gasteiger partial charge in [0.2, 0.25) is 0 Å². The molecule has 9 heteroatoms. The van der Waals surface area contributed by atoms with Crippen molar-refractivity contribution in [2.45, 2.75) is 20.8 Å². The number of carboxylic acid groups (broad SMARTS) is 3. The van der Waals surface area contributed by atoms with Crippen LogP contribution in [0.3, 0.4) is 0 Å². The summed E-state index contributed by atoms with van der Waals surface area (Å²) in [7, 11) is 0. The monoisotopic (exact) mass is 894 g/mol. The minimum Gasteiger partial charge on any atom is -0.545 e. The van der Waals surface area contributed by atoms with Gasteiger partial charge in [0.1, 0.15) is 0 Å². The number of hydrogen-bond donors (Lipinski definition) is 0. The number of benzene rings is 6. The quantitative estimate of drug-likeness (QED) is 0.129. The molecule has 9 aromatic rings. The largest absolute Gasteiger partial charge is 2.00 e. The fourth-order valence-corrected chi connectivity index (χ4v) is 5.64. The molecule has 0 saturated heterocycles. The first-order valence-corrected chi connectivity index (χ1v) is 18.2. The Labute approximate surface area is 396 Å². The van der Waals surface area contributed by atoms with Gasteiger partial charge in [-0.15, -0.1) is 122 Å². The SMILES string of the molecule is Cc1cc2ccccc2[cH-]1.Cc1cc2ccccc2[cH-]1.Cc1cc2ccccc2[cH-]1.O=C([O-])c1ccccc1.O=C([O-])c1ccccc1.O=C([O-])c1ccccc1.[Ti+2].[Ti+2].[Ti+2]. The summed E-state index contributed by atoms with van der Waals surface area (Å²) in [6.07, 6.45) is 0. The minimum atomic E-state index is -1.13. The first-order valence-electron chi connectivity index (χ1n) is 18.2. The molecule has 9 rings (SSSR count). The van der Waals surface area contributed by atoms with Gasteiger partial charge in [-0.3, -0.25) is 0 Å². The van der Waals surface area contributed by atoms with Crippen molar-refractivity contribution in [2.75, 3.05) is 0 Å². The van der Waals surface area contributed by atoms with E-state index in [1.807, 2.05) is 0 Å². The van der Waals surface area contributed by atoms with Crippen molar-refractivity contribution in [2.24, 2.45) is 0 Å². The van der Waals surface area contributed by atoms with Gasteiger partial charge in [-0.1, -0.05) is 130 Å². The molecule has 0 aliphatic rings. The van der Waals surface area contributed by atoms with E-state index in [2.05, 4.69) is 130 Å². The Balaban J connectivity index is 0.000000357. The second-order valence-electron chi connectivity index (χ2n) is 12.9. The van der Waals surface area contributed by atoms with Gasteiger partial charge in [-0.2, -0.15) is 18.2 Å². The van der Waals surface area contributed by atoms with Crippen LogP contribution >= 0.6 is 0 Å². The third-order valence-corrected chi connectivity index (χ3v) is 8.32. The molecule has 294 valence electrons. The van der Waals surface area contributed by atoms with Crippen LogP contribution < -0.4 is 15.3 Å². The van der Waals surface area contributed by atoms with E-state index in [0.29, 0.717) is 0 Å².